The molecule has 0 saturated carbocycles. The molecule has 0 aliphatic rings. The van der Waals surface area contributed by atoms with Crippen molar-refractivity contribution >= 4 is 28.3 Å². The summed E-state index contributed by atoms with van der Waals surface area (Å²) in [6.07, 6.45) is -4.72. The standard InChI is InChI=1S/C8H6BrF4NO.ClH/c9-4-2-1-3(6(15)5(4)10)7(14)8(11,12)13;/h1-2,7,15H,14H2;1H/t7-;/m1./s1. The number of halogens is 6. The lowest BCUT2D eigenvalue weighted by Gasteiger charge is -2.17. The average Bonchev–Trinajstić information content (AvgIpc) is 2.12. The van der Waals surface area contributed by atoms with E-state index >= 15 is 0 Å². The average molecular weight is 324 g/mol. The maximum atomic E-state index is 13.0. The first-order chi connectivity index (χ1) is 6.75. The van der Waals surface area contributed by atoms with Crippen LogP contribution in [0.4, 0.5) is 17.6 Å². The Morgan fingerprint density at radius 2 is 1.81 bits per heavy atom. The predicted octanol–water partition coefficient (Wildman–Crippen LogP) is 3.28. The number of alkyl halides is 3. The van der Waals surface area contributed by atoms with Gasteiger partial charge in [0.15, 0.2) is 11.6 Å². The Morgan fingerprint density at radius 1 is 1.31 bits per heavy atom. The lowest BCUT2D eigenvalue weighted by molar-refractivity contribution is -0.149. The smallest absolute Gasteiger partial charge is 0.407 e. The van der Waals surface area contributed by atoms with E-state index in [2.05, 4.69) is 15.9 Å². The number of aromatic hydroxyl groups is 1. The normalized spacial score (nSPS) is 13.1. The van der Waals surface area contributed by atoms with Crippen molar-refractivity contribution in [2.45, 2.75) is 12.2 Å². The van der Waals surface area contributed by atoms with Crippen LogP contribution in [-0.2, 0) is 0 Å². The minimum Gasteiger partial charge on any atom is -0.505 e. The van der Waals surface area contributed by atoms with E-state index in [0.29, 0.717) is 0 Å². The largest absolute Gasteiger partial charge is 0.505 e. The Morgan fingerprint density at radius 3 is 2.25 bits per heavy atom. The van der Waals surface area contributed by atoms with Gasteiger partial charge in [-0.05, 0) is 22.0 Å². The summed E-state index contributed by atoms with van der Waals surface area (Å²) in [4.78, 5) is 0. The Labute approximate surface area is 103 Å². The van der Waals surface area contributed by atoms with Crippen molar-refractivity contribution in [3.05, 3.63) is 28.0 Å². The number of phenolic OH excluding ortho intramolecular Hbond substituents is 1. The molecule has 0 radical (unpaired) electrons. The maximum absolute atomic E-state index is 13.0. The number of hydrogen-bond acceptors (Lipinski definition) is 2. The van der Waals surface area contributed by atoms with Crippen LogP contribution in [0.15, 0.2) is 16.6 Å². The van der Waals surface area contributed by atoms with Crippen molar-refractivity contribution < 1.29 is 22.7 Å². The van der Waals surface area contributed by atoms with Gasteiger partial charge in [-0.25, -0.2) is 4.39 Å². The number of phenols is 1. The molecule has 0 fully saturated rings. The molecule has 0 amide bonds. The van der Waals surface area contributed by atoms with E-state index in [1.807, 2.05) is 0 Å². The molecule has 2 nitrogen and oxygen atoms in total. The molecule has 0 aromatic heterocycles. The molecule has 1 aromatic rings. The van der Waals surface area contributed by atoms with E-state index in [0.717, 1.165) is 12.1 Å². The Bertz CT molecular complexity index is 385. The zero-order valence-electron chi connectivity index (χ0n) is 7.55. The molecule has 0 unspecified atom stereocenters. The third-order valence-electron chi connectivity index (χ3n) is 1.79. The number of rotatable bonds is 1. The SMILES string of the molecule is Cl.N[C@H](c1ccc(Br)c(F)c1O)C(F)(F)F. The van der Waals surface area contributed by atoms with E-state index < -0.39 is 29.3 Å². The van der Waals surface area contributed by atoms with Crippen LogP contribution in [0, 0.1) is 5.82 Å². The van der Waals surface area contributed by atoms with Gasteiger partial charge in [0.2, 0.25) is 0 Å². The first-order valence-corrected chi connectivity index (χ1v) is 4.53. The van der Waals surface area contributed by atoms with E-state index in [1.165, 1.54) is 0 Å². The summed E-state index contributed by atoms with van der Waals surface area (Å²) in [7, 11) is 0. The van der Waals surface area contributed by atoms with Gasteiger partial charge in [0.1, 0.15) is 6.04 Å². The quantitative estimate of drug-likeness (QED) is 0.779. The third kappa shape index (κ3) is 2.99. The van der Waals surface area contributed by atoms with Crippen LogP contribution in [-0.4, -0.2) is 11.3 Å². The Kier molecular flexibility index (Phi) is 5.03. The van der Waals surface area contributed by atoms with Crippen LogP contribution in [0.1, 0.15) is 11.6 Å². The van der Waals surface area contributed by atoms with Gasteiger partial charge in [-0.15, -0.1) is 12.4 Å². The fourth-order valence-corrected chi connectivity index (χ4v) is 1.30. The molecule has 8 heteroatoms. The zero-order valence-corrected chi connectivity index (χ0v) is 9.96. The second-order valence-corrected chi connectivity index (χ2v) is 3.67. The number of hydrogen-bond donors (Lipinski definition) is 2. The molecule has 0 bridgehead atoms. The van der Waals surface area contributed by atoms with Crippen molar-refractivity contribution in [3.8, 4) is 5.75 Å². The van der Waals surface area contributed by atoms with E-state index in [9.17, 15) is 17.6 Å². The van der Waals surface area contributed by atoms with Crippen LogP contribution in [0.2, 0.25) is 0 Å². The van der Waals surface area contributed by atoms with Crippen molar-refractivity contribution in [2.75, 3.05) is 0 Å². The Balaban J connectivity index is 0.00000225. The summed E-state index contributed by atoms with van der Waals surface area (Å²) in [5.74, 6) is -2.25. The van der Waals surface area contributed by atoms with Crippen LogP contribution in [0.5, 0.6) is 5.75 Å². The summed E-state index contributed by atoms with van der Waals surface area (Å²) < 4.78 is 49.4. The minimum atomic E-state index is -4.72. The molecule has 92 valence electrons. The van der Waals surface area contributed by atoms with Gasteiger partial charge in [0, 0.05) is 5.56 Å². The topological polar surface area (TPSA) is 46.2 Å². The van der Waals surface area contributed by atoms with Gasteiger partial charge in [-0.2, -0.15) is 13.2 Å². The third-order valence-corrected chi connectivity index (χ3v) is 2.40. The van der Waals surface area contributed by atoms with Gasteiger partial charge in [0.25, 0.3) is 0 Å². The van der Waals surface area contributed by atoms with Gasteiger partial charge in [0.05, 0.1) is 4.47 Å². The summed E-state index contributed by atoms with van der Waals surface area (Å²) >= 11 is 2.72. The monoisotopic (exact) mass is 323 g/mol. The lowest BCUT2D eigenvalue weighted by Crippen LogP contribution is -2.28. The van der Waals surface area contributed by atoms with Crippen LogP contribution in [0.25, 0.3) is 0 Å². The highest BCUT2D eigenvalue weighted by atomic mass is 79.9. The highest BCUT2D eigenvalue weighted by Gasteiger charge is 2.39. The van der Waals surface area contributed by atoms with Gasteiger partial charge in [-0.3, -0.25) is 0 Å². The molecule has 0 heterocycles. The fourth-order valence-electron chi connectivity index (χ4n) is 0.982. The van der Waals surface area contributed by atoms with E-state index in [1.54, 1.807) is 0 Å². The van der Waals surface area contributed by atoms with Gasteiger partial charge < -0.3 is 10.8 Å². The first-order valence-electron chi connectivity index (χ1n) is 3.74. The fraction of sp³-hybridized carbons (Fsp3) is 0.250. The molecule has 16 heavy (non-hydrogen) atoms. The molecule has 3 N–H and O–H groups in total. The van der Waals surface area contributed by atoms with Gasteiger partial charge >= 0.3 is 6.18 Å². The van der Waals surface area contributed by atoms with E-state index in [-0.39, 0.29) is 16.9 Å². The molecule has 0 aliphatic heterocycles. The second-order valence-electron chi connectivity index (χ2n) is 2.82. The molecule has 1 aromatic carbocycles. The number of benzene rings is 1. The highest BCUT2D eigenvalue weighted by Crippen LogP contribution is 2.37. The van der Waals surface area contributed by atoms with Crippen molar-refractivity contribution in [3.63, 3.8) is 0 Å². The van der Waals surface area contributed by atoms with Crippen LogP contribution < -0.4 is 5.73 Å². The van der Waals surface area contributed by atoms with Gasteiger partial charge in [-0.1, -0.05) is 6.07 Å². The molecule has 0 saturated heterocycles. The minimum absolute atomic E-state index is 0. The molecular formula is C8H7BrClF4NO. The first kappa shape index (κ1) is 15.5. The van der Waals surface area contributed by atoms with Crippen molar-refractivity contribution in [1.82, 2.24) is 0 Å². The summed E-state index contributed by atoms with van der Waals surface area (Å²) in [5, 5.41) is 9.13. The predicted molar refractivity (Wildman–Crippen MR) is 56.0 cm³/mol. The molecule has 0 aliphatic carbocycles. The molecule has 0 spiro atoms. The van der Waals surface area contributed by atoms with Crippen molar-refractivity contribution in [2.24, 2.45) is 5.73 Å². The van der Waals surface area contributed by atoms with E-state index in [4.69, 9.17) is 10.8 Å². The summed E-state index contributed by atoms with van der Waals surface area (Å²) in [6.45, 7) is 0. The number of nitrogens with two attached hydrogens (primary N) is 1. The van der Waals surface area contributed by atoms with Crippen LogP contribution in [0.3, 0.4) is 0 Å². The zero-order chi connectivity index (χ0) is 11.8. The van der Waals surface area contributed by atoms with Crippen molar-refractivity contribution in [1.29, 1.82) is 0 Å². The Hall–Kier alpha value is -0.530. The maximum Gasteiger partial charge on any atom is 0.407 e. The van der Waals surface area contributed by atoms with Crippen LogP contribution >= 0.6 is 28.3 Å². The highest BCUT2D eigenvalue weighted by molar-refractivity contribution is 9.10. The molecule has 1 rings (SSSR count). The molecular weight excluding hydrogens is 317 g/mol. The summed E-state index contributed by atoms with van der Waals surface area (Å²) in [5.41, 5.74) is 4.13. The lowest BCUT2D eigenvalue weighted by atomic mass is 10.1. The summed E-state index contributed by atoms with van der Waals surface area (Å²) in [6, 6.07) is -0.434. The molecule has 1 atom stereocenters. The second kappa shape index (κ2) is 5.20.